The SMILES string of the molecule is CC(C)C(C)NC(=O)CN1CC(O)C(O)C1. The van der Waals surface area contributed by atoms with Crippen molar-refractivity contribution in [3.8, 4) is 0 Å². The van der Waals surface area contributed by atoms with Gasteiger partial charge in [-0.2, -0.15) is 0 Å². The summed E-state index contributed by atoms with van der Waals surface area (Å²) in [5, 5.41) is 21.5. The lowest BCUT2D eigenvalue weighted by Gasteiger charge is -2.20. The molecule has 0 aromatic heterocycles. The van der Waals surface area contributed by atoms with Crippen LogP contribution in [0.4, 0.5) is 0 Å². The number of amides is 1. The van der Waals surface area contributed by atoms with Gasteiger partial charge in [-0.15, -0.1) is 0 Å². The monoisotopic (exact) mass is 230 g/mol. The van der Waals surface area contributed by atoms with Crippen molar-refractivity contribution in [1.82, 2.24) is 10.2 Å². The van der Waals surface area contributed by atoms with Crippen molar-refractivity contribution in [2.75, 3.05) is 19.6 Å². The number of β-amino-alcohol motifs (C(OH)–C–C–N with tert-alkyl or cyclic N) is 2. The molecular formula is C11H22N2O3. The number of nitrogens with zero attached hydrogens (tertiary/aromatic N) is 1. The first kappa shape index (κ1) is 13.4. The van der Waals surface area contributed by atoms with Crippen LogP contribution >= 0.6 is 0 Å². The van der Waals surface area contributed by atoms with Gasteiger partial charge < -0.3 is 15.5 Å². The van der Waals surface area contributed by atoms with Crippen LogP contribution in [0, 0.1) is 5.92 Å². The van der Waals surface area contributed by atoms with E-state index in [1.54, 1.807) is 4.90 Å². The summed E-state index contributed by atoms with van der Waals surface area (Å²) in [6.45, 7) is 7.04. The lowest BCUT2D eigenvalue weighted by molar-refractivity contribution is -0.123. The van der Waals surface area contributed by atoms with Crippen molar-refractivity contribution in [1.29, 1.82) is 0 Å². The van der Waals surface area contributed by atoms with Crippen LogP contribution in [0.25, 0.3) is 0 Å². The van der Waals surface area contributed by atoms with Gasteiger partial charge in [0, 0.05) is 19.1 Å². The van der Waals surface area contributed by atoms with E-state index in [-0.39, 0.29) is 18.5 Å². The van der Waals surface area contributed by atoms with Gasteiger partial charge in [-0.1, -0.05) is 13.8 Å². The van der Waals surface area contributed by atoms with Gasteiger partial charge >= 0.3 is 0 Å². The van der Waals surface area contributed by atoms with E-state index in [0.717, 1.165) is 0 Å². The molecule has 16 heavy (non-hydrogen) atoms. The Hall–Kier alpha value is -0.650. The second kappa shape index (κ2) is 5.61. The summed E-state index contributed by atoms with van der Waals surface area (Å²) < 4.78 is 0. The minimum atomic E-state index is -0.727. The van der Waals surface area contributed by atoms with Gasteiger partial charge in [0.1, 0.15) is 0 Å². The maximum absolute atomic E-state index is 11.6. The molecule has 1 saturated heterocycles. The number of likely N-dealkylation sites (tertiary alicyclic amines) is 1. The molecule has 0 spiro atoms. The highest BCUT2D eigenvalue weighted by Gasteiger charge is 2.30. The van der Waals surface area contributed by atoms with E-state index in [0.29, 0.717) is 19.0 Å². The Kier molecular flexibility index (Phi) is 4.70. The van der Waals surface area contributed by atoms with Crippen molar-refractivity contribution in [2.45, 2.75) is 39.0 Å². The molecule has 5 heteroatoms. The molecule has 5 nitrogen and oxygen atoms in total. The summed E-state index contributed by atoms with van der Waals surface area (Å²) in [6, 6.07) is 0.143. The Balaban J connectivity index is 2.30. The predicted octanol–water partition coefficient (Wildman–Crippen LogP) is -0.815. The van der Waals surface area contributed by atoms with Gasteiger partial charge in [0.2, 0.25) is 5.91 Å². The Labute approximate surface area is 96.4 Å². The standard InChI is InChI=1S/C11H22N2O3/c1-7(2)8(3)12-11(16)6-13-4-9(14)10(15)5-13/h7-10,14-15H,4-6H2,1-3H3,(H,12,16). The molecule has 3 atom stereocenters. The van der Waals surface area contributed by atoms with Gasteiger partial charge in [0.05, 0.1) is 18.8 Å². The average molecular weight is 230 g/mol. The quantitative estimate of drug-likeness (QED) is 0.590. The third kappa shape index (κ3) is 3.73. The summed E-state index contributed by atoms with van der Waals surface area (Å²) in [4.78, 5) is 13.4. The Morgan fingerprint density at radius 1 is 1.31 bits per heavy atom. The van der Waals surface area contributed by atoms with Crippen LogP contribution in [0.15, 0.2) is 0 Å². The fourth-order valence-electron chi connectivity index (χ4n) is 1.65. The van der Waals surface area contributed by atoms with E-state index in [2.05, 4.69) is 5.32 Å². The molecule has 3 N–H and O–H groups in total. The van der Waals surface area contributed by atoms with Crippen molar-refractivity contribution >= 4 is 5.91 Å². The highest BCUT2D eigenvalue weighted by atomic mass is 16.3. The van der Waals surface area contributed by atoms with Crippen LogP contribution in [0.3, 0.4) is 0 Å². The number of hydrogen-bond donors (Lipinski definition) is 3. The molecule has 1 amide bonds. The van der Waals surface area contributed by atoms with Crippen molar-refractivity contribution in [3.05, 3.63) is 0 Å². The van der Waals surface area contributed by atoms with Crippen LogP contribution in [0.2, 0.25) is 0 Å². The largest absolute Gasteiger partial charge is 0.389 e. The molecule has 94 valence electrons. The number of rotatable bonds is 4. The lowest BCUT2D eigenvalue weighted by Crippen LogP contribution is -2.42. The number of hydrogen-bond acceptors (Lipinski definition) is 4. The first-order valence-electron chi connectivity index (χ1n) is 5.78. The number of aliphatic hydroxyl groups is 2. The summed E-state index contributed by atoms with van der Waals surface area (Å²) >= 11 is 0. The van der Waals surface area contributed by atoms with Crippen molar-refractivity contribution in [3.63, 3.8) is 0 Å². The first-order valence-corrected chi connectivity index (χ1v) is 5.78. The molecule has 0 aromatic rings. The second-order valence-electron chi connectivity index (χ2n) is 4.93. The molecule has 1 aliphatic rings. The third-order valence-electron chi connectivity index (χ3n) is 3.09. The highest BCUT2D eigenvalue weighted by molar-refractivity contribution is 5.78. The van der Waals surface area contributed by atoms with E-state index in [1.165, 1.54) is 0 Å². The number of aliphatic hydroxyl groups excluding tert-OH is 2. The van der Waals surface area contributed by atoms with E-state index >= 15 is 0 Å². The first-order chi connectivity index (χ1) is 7.40. The van der Waals surface area contributed by atoms with Gasteiger partial charge in [-0.3, -0.25) is 9.69 Å². The van der Waals surface area contributed by atoms with E-state index in [1.807, 2.05) is 20.8 Å². The fraction of sp³-hybridized carbons (Fsp3) is 0.909. The molecular weight excluding hydrogens is 208 g/mol. The van der Waals surface area contributed by atoms with Crippen LogP contribution in [0.1, 0.15) is 20.8 Å². The van der Waals surface area contributed by atoms with Crippen molar-refractivity contribution < 1.29 is 15.0 Å². The molecule has 0 radical (unpaired) electrons. The molecule has 0 saturated carbocycles. The van der Waals surface area contributed by atoms with E-state index in [4.69, 9.17) is 0 Å². The highest BCUT2D eigenvalue weighted by Crippen LogP contribution is 2.09. The summed E-state index contributed by atoms with van der Waals surface area (Å²) in [5.41, 5.74) is 0. The van der Waals surface area contributed by atoms with Gasteiger partial charge in [0.15, 0.2) is 0 Å². The van der Waals surface area contributed by atoms with Gasteiger partial charge in [0.25, 0.3) is 0 Å². The average Bonchev–Trinajstić information content (AvgIpc) is 2.45. The molecule has 3 unspecified atom stereocenters. The van der Waals surface area contributed by atoms with Crippen LogP contribution in [-0.2, 0) is 4.79 Å². The zero-order chi connectivity index (χ0) is 12.3. The molecule has 1 aliphatic heterocycles. The molecule has 0 bridgehead atoms. The minimum Gasteiger partial charge on any atom is -0.389 e. The third-order valence-corrected chi connectivity index (χ3v) is 3.09. The number of carbonyl (C=O) groups is 1. The van der Waals surface area contributed by atoms with E-state index in [9.17, 15) is 15.0 Å². The van der Waals surface area contributed by atoms with Crippen LogP contribution in [-0.4, -0.2) is 58.9 Å². The number of carbonyl (C=O) groups excluding carboxylic acids is 1. The molecule has 0 aromatic carbocycles. The smallest absolute Gasteiger partial charge is 0.234 e. The lowest BCUT2D eigenvalue weighted by atomic mass is 10.1. The zero-order valence-electron chi connectivity index (χ0n) is 10.2. The molecule has 0 aliphatic carbocycles. The summed E-state index contributed by atoms with van der Waals surface area (Å²) in [7, 11) is 0. The summed E-state index contributed by atoms with van der Waals surface area (Å²) in [6.07, 6.45) is -1.45. The maximum atomic E-state index is 11.6. The fourth-order valence-corrected chi connectivity index (χ4v) is 1.65. The Morgan fingerprint density at radius 2 is 1.81 bits per heavy atom. The van der Waals surface area contributed by atoms with Crippen LogP contribution in [0.5, 0.6) is 0 Å². The maximum Gasteiger partial charge on any atom is 0.234 e. The minimum absolute atomic E-state index is 0.0532. The Bertz CT molecular complexity index is 235. The van der Waals surface area contributed by atoms with Gasteiger partial charge in [-0.05, 0) is 12.8 Å². The normalized spacial score (nSPS) is 28.4. The molecule has 1 rings (SSSR count). The zero-order valence-corrected chi connectivity index (χ0v) is 10.2. The molecule has 1 heterocycles. The summed E-state index contributed by atoms with van der Waals surface area (Å²) in [5.74, 6) is 0.348. The van der Waals surface area contributed by atoms with Crippen molar-refractivity contribution in [2.24, 2.45) is 5.92 Å². The molecule has 1 fully saturated rings. The van der Waals surface area contributed by atoms with Crippen LogP contribution < -0.4 is 5.32 Å². The predicted molar refractivity (Wildman–Crippen MR) is 60.9 cm³/mol. The van der Waals surface area contributed by atoms with Gasteiger partial charge in [-0.25, -0.2) is 0 Å². The second-order valence-corrected chi connectivity index (χ2v) is 4.93. The Morgan fingerprint density at radius 3 is 2.25 bits per heavy atom. The van der Waals surface area contributed by atoms with E-state index < -0.39 is 12.2 Å². The topological polar surface area (TPSA) is 72.8 Å². The number of nitrogens with one attached hydrogen (secondary N) is 1.